The highest BCUT2D eigenvalue weighted by Crippen LogP contribution is 2.16. The molecule has 1 aromatic heterocycles. The highest BCUT2D eigenvalue weighted by Gasteiger charge is 2.09. The molecule has 1 aromatic carbocycles. The fraction of sp³-hybridized carbons (Fsp3) is 0.368. The number of aromatic nitrogens is 1. The van der Waals surface area contributed by atoms with Crippen LogP contribution in [0.5, 0.6) is 0 Å². The standard InChI is InChI=1S/C19H25FN4.HI/c1-13-5-6-17(11-18(13)20)15(3)24-19(21-4)23-10-8-16-7-9-22-12-14(16)2;/h5-7,9,11-12,15H,8,10H2,1-4H3,(H2,21,23,24);1H. The van der Waals surface area contributed by atoms with Crippen LogP contribution in [0.4, 0.5) is 4.39 Å². The van der Waals surface area contributed by atoms with Gasteiger partial charge in [-0.25, -0.2) is 4.39 Å². The van der Waals surface area contributed by atoms with Gasteiger partial charge in [0.25, 0.3) is 0 Å². The number of benzene rings is 1. The van der Waals surface area contributed by atoms with Crippen molar-refractivity contribution in [3.05, 3.63) is 64.7 Å². The number of hydrogen-bond donors (Lipinski definition) is 2. The second-order valence-electron chi connectivity index (χ2n) is 5.93. The van der Waals surface area contributed by atoms with Crippen molar-refractivity contribution < 1.29 is 4.39 Å². The maximum Gasteiger partial charge on any atom is 0.191 e. The number of nitrogens with zero attached hydrogens (tertiary/aromatic N) is 2. The third-order valence-corrected chi connectivity index (χ3v) is 4.10. The first kappa shape index (κ1) is 21.3. The Bertz CT molecular complexity index is 718. The van der Waals surface area contributed by atoms with Crippen LogP contribution in [-0.2, 0) is 6.42 Å². The van der Waals surface area contributed by atoms with Crippen LogP contribution in [0.3, 0.4) is 0 Å². The molecule has 25 heavy (non-hydrogen) atoms. The van der Waals surface area contributed by atoms with Gasteiger partial charge in [-0.15, -0.1) is 24.0 Å². The molecular weight excluding hydrogens is 430 g/mol. The predicted molar refractivity (Wildman–Crippen MR) is 112 cm³/mol. The Balaban J connectivity index is 0.00000312. The molecule has 0 bridgehead atoms. The maximum absolute atomic E-state index is 13.7. The molecule has 1 unspecified atom stereocenters. The number of aliphatic imine (C=N–C) groups is 1. The number of rotatable bonds is 5. The molecule has 0 spiro atoms. The lowest BCUT2D eigenvalue weighted by molar-refractivity contribution is 0.607. The van der Waals surface area contributed by atoms with E-state index in [1.54, 1.807) is 26.1 Å². The summed E-state index contributed by atoms with van der Waals surface area (Å²) in [6.07, 6.45) is 4.57. The van der Waals surface area contributed by atoms with Gasteiger partial charge in [-0.05, 0) is 61.6 Å². The Morgan fingerprint density at radius 2 is 2.00 bits per heavy atom. The van der Waals surface area contributed by atoms with Crippen LogP contribution in [0.15, 0.2) is 41.7 Å². The number of nitrogens with one attached hydrogen (secondary N) is 2. The number of aryl methyl sites for hydroxylation is 2. The van der Waals surface area contributed by atoms with Crippen LogP contribution >= 0.6 is 24.0 Å². The maximum atomic E-state index is 13.7. The monoisotopic (exact) mass is 456 g/mol. The lowest BCUT2D eigenvalue weighted by atomic mass is 10.1. The van der Waals surface area contributed by atoms with E-state index in [-0.39, 0.29) is 35.8 Å². The normalized spacial score (nSPS) is 12.3. The Morgan fingerprint density at radius 3 is 2.64 bits per heavy atom. The van der Waals surface area contributed by atoms with Crippen molar-refractivity contribution in [1.82, 2.24) is 15.6 Å². The Labute approximate surface area is 166 Å². The molecule has 0 aliphatic heterocycles. The van der Waals surface area contributed by atoms with E-state index in [0.717, 1.165) is 18.5 Å². The van der Waals surface area contributed by atoms with E-state index in [1.165, 1.54) is 11.1 Å². The Morgan fingerprint density at radius 1 is 1.24 bits per heavy atom. The van der Waals surface area contributed by atoms with E-state index in [0.29, 0.717) is 11.5 Å². The van der Waals surface area contributed by atoms with Crippen molar-refractivity contribution in [2.45, 2.75) is 33.2 Å². The van der Waals surface area contributed by atoms with E-state index in [4.69, 9.17) is 0 Å². The van der Waals surface area contributed by atoms with Gasteiger partial charge in [0.2, 0.25) is 0 Å². The van der Waals surface area contributed by atoms with Gasteiger partial charge >= 0.3 is 0 Å². The zero-order valence-electron chi connectivity index (χ0n) is 15.1. The van der Waals surface area contributed by atoms with Gasteiger partial charge in [-0.3, -0.25) is 9.98 Å². The van der Waals surface area contributed by atoms with Crippen LogP contribution in [0.25, 0.3) is 0 Å². The molecule has 2 rings (SSSR count). The minimum Gasteiger partial charge on any atom is -0.356 e. The average molecular weight is 456 g/mol. The first-order valence-corrected chi connectivity index (χ1v) is 8.14. The fourth-order valence-corrected chi connectivity index (χ4v) is 2.46. The van der Waals surface area contributed by atoms with Crippen molar-refractivity contribution >= 4 is 29.9 Å². The number of hydrogen-bond acceptors (Lipinski definition) is 2. The van der Waals surface area contributed by atoms with E-state index in [1.807, 2.05) is 31.5 Å². The first-order valence-electron chi connectivity index (χ1n) is 8.14. The van der Waals surface area contributed by atoms with E-state index >= 15 is 0 Å². The summed E-state index contributed by atoms with van der Waals surface area (Å²) in [6.45, 7) is 6.58. The van der Waals surface area contributed by atoms with Gasteiger partial charge in [-0.1, -0.05) is 12.1 Å². The molecule has 0 aliphatic carbocycles. The molecule has 2 aromatic rings. The lowest BCUT2D eigenvalue weighted by Crippen LogP contribution is -2.39. The van der Waals surface area contributed by atoms with Gasteiger partial charge in [0.1, 0.15) is 5.82 Å². The minimum absolute atomic E-state index is 0. The summed E-state index contributed by atoms with van der Waals surface area (Å²) in [5, 5.41) is 6.59. The van der Waals surface area contributed by atoms with Crippen molar-refractivity contribution in [1.29, 1.82) is 0 Å². The second-order valence-corrected chi connectivity index (χ2v) is 5.93. The van der Waals surface area contributed by atoms with E-state index in [9.17, 15) is 4.39 Å². The third kappa shape index (κ3) is 6.26. The third-order valence-electron chi connectivity index (χ3n) is 4.10. The molecule has 0 aliphatic rings. The summed E-state index contributed by atoms with van der Waals surface area (Å²) < 4.78 is 13.7. The molecule has 0 saturated heterocycles. The van der Waals surface area contributed by atoms with E-state index in [2.05, 4.69) is 27.5 Å². The van der Waals surface area contributed by atoms with Gasteiger partial charge < -0.3 is 10.6 Å². The van der Waals surface area contributed by atoms with Crippen LogP contribution in [0.1, 0.15) is 35.2 Å². The molecule has 0 amide bonds. The molecular formula is C19H26FIN4. The zero-order chi connectivity index (χ0) is 17.5. The molecule has 1 atom stereocenters. The van der Waals surface area contributed by atoms with Crippen LogP contribution in [0.2, 0.25) is 0 Å². The predicted octanol–water partition coefficient (Wildman–Crippen LogP) is 3.92. The van der Waals surface area contributed by atoms with Crippen LogP contribution in [0, 0.1) is 19.7 Å². The summed E-state index contributed by atoms with van der Waals surface area (Å²) in [5.41, 5.74) is 4.00. The summed E-state index contributed by atoms with van der Waals surface area (Å²) in [5.74, 6) is 0.521. The largest absolute Gasteiger partial charge is 0.356 e. The SMILES string of the molecule is CN=C(NCCc1ccncc1C)NC(C)c1ccc(C)c(F)c1.I. The quantitative estimate of drug-likeness (QED) is 0.408. The molecule has 1 heterocycles. The Hall–Kier alpha value is -1.70. The topological polar surface area (TPSA) is 49.3 Å². The van der Waals surface area contributed by atoms with Gasteiger partial charge in [-0.2, -0.15) is 0 Å². The van der Waals surface area contributed by atoms with Crippen LogP contribution < -0.4 is 10.6 Å². The van der Waals surface area contributed by atoms with E-state index < -0.39 is 0 Å². The molecule has 2 N–H and O–H groups in total. The van der Waals surface area contributed by atoms with Gasteiger partial charge in [0.05, 0.1) is 6.04 Å². The highest BCUT2D eigenvalue weighted by atomic mass is 127. The average Bonchev–Trinajstić information content (AvgIpc) is 2.57. The summed E-state index contributed by atoms with van der Waals surface area (Å²) in [4.78, 5) is 8.34. The zero-order valence-corrected chi connectivity index (χ0v) is 17.5. The van der Waals surface area contributed by atoms with Gasteiger partial charge in [0, 0.05) is 26.0 Å². The molecule has 4 nitrogen and oxygen atoms in total. The Kier molecular flexibility index (Phi) is 8.82. The second kappa shape index (κ2) is 10.3. The summed E-state index contributed by atoms with van der Waals surface area (Å²) >= 11 is 0. The fourth-order valence-electron chi connectivity index (χ4n) is 2.46. The number of pyridine rings is 1. The van der Waals surface area contributed by atoms with Crippen LogP contribution in [-0.4, -0.2) is 24.5 Å². The first-order chi connectivity index (χ1) is 11.5. The summed E-state index contributed by atoms with van der Waals surface area (Å²) in [7, 11) is 1.73. The smallest absolute Gasteiger partial charge is 0.191 e. The van der Waals surface area contributed by atoms with Gasteiger partial charge in [0.15, 0.2) is 5.96 Å². The summed E-state index contributed by atoms with van der Waals surface area (Å²) in [6, 6.07) is 7.30. The van der Waals surface area contributed by atoms with Crippen molar-refractivity contribution in [2.24, 2.45) is 4.99 Å². The molecule has 0 fully saturated rings. The van der Waals surface area contributed by atoms with Crippen molar-refractivity contribution in [3.63, 3.8) is 0 Å². The van der Waals surface area contributed by atoms with Crippen molar-refractivity contribution in [3.8, 4) is 0 Å². The molecule has 0 radical (unpaired) electrons. The molecule has 136 valence electrons. The molecule has 6 heteroatoms. The lowest BCUT2D eigenvalue weighted by Gasteiger charge is -2.19. The number of guanidine groups is 1. The highest BCUT2D eigenvalue weighted by molar-refractivity contribution is 14.0. The molecule has 0 saturated carbocycles. The van der Waals surface area contributed by atoms with Crippen molar-refractivity contribution in [2.75, 3.05) is 13.6 Å². The number of halogens is 2. The minimum atomic E-state index is -0.183.